The van der Waals surface area contributed by atoms with Crippen LogP contribution in [-0.2, 0) is 4.79 Å². The molecule has 1 N–H and O–H groups in total. The van der Waals surface area contributed by atoms with Gasteiger partial charge >= 0.3 is 0 Å². The van der Waals surface area contributed by atoms with Crippen molar-refractivity contribution in [3.8, 4) is 0 Å². The summed E-state index contributed by atoms with van der Waals surface area (Å²) >= 11 is 5.88. The molecule has 0 aromatic heterocycles. The van der Waals surface area contributed by atoms with Gasteiger partial charge in [-0.3, -0.25) is 4.79 Å². The first kappa shape index (κ1) is 12.0. The van der Waals surface area contributed by atoms with Crippen molar-refractivity contribution in [2.75, 3.05) is 5.32 Å². The molecule has 1 heterocycles. The molecule has 17 heavy (non-hydrogen) atoms. The van der Waals surface area contributed by atoms with E-state index in [-0.39, 0.29) is 11.6 Å². The predicted molar refractivity (Wildman–Crippen MR) is 67.3 cm³/mol. The third-order valence-electron chi connectivity index (χ3n) is 2.74. The summed E-state index contributed by atoms with van der Waals surface area (Å²) in [6, 6.07) is 5.43. The zero-order valence-corrected chi connectivity index (χ0v) is 10.6. The fraction of sp³-hybridized carbons (Fsp3) is 0.417. The molecular formula is C12H14ClN3O. The fourth-order valence-corrected chi connectivity index (χ4v) is 1.65. The molecule has 1 aromatic rings. The number of benzene rings is 1. The first-order valence-electron chi connectivity index (χ1n) is 5.49. The van der Waals surface area contributed by atoms with Gasteiger partial charge in [0.15, 0.2) is 5.66 Å². The number of rotatable bonds is 4. The van der Waals surface area contributed by atoms with Gasteiger partial charge in [-0.2, -0.15) is 10.2 Å². The molecule has 90 valence electrons. The van der Waals surface area contributed by atoms with Crippen LogP contribution in [-0.4, -0.2) is 11.6 Å². The highest BCUT2D eigenvalue weighted by molar-refractivity contribution is 6.31. The summed E-state index contributed by atoms with van der Waals surface area (Å²) in [5, 5.41) is 11.2. The molecule has 1 aliphatic rings. The Morgan fingerprint density at radius 1 is 1.47 bits per heavy atom. The molecule has 0 bridgehead atoms. The van der Waals surface area contributed by atoms with E-state index in [1.165, 1.54) is 0 Å². The van der Waals surface area contributed by atoms with Gasteiger partial charge in [0.25, 0.3) is 0 Å². The lowest BCUT2D eigenvalue weighted by molar-refractivity contribution is -0.116. The van der Waals surface area contributed by atoms with E-state index in [1.54, 1.807) is 12.1 Å². The van der Waals surface area contributed by atoms with Gasteiger partial charge in [0, 0.05) is 23.6 Å². The zero-order chi connectivity index (χ0) is 12.5. The van der Waals surface area contributed by atoms with E-state index in [0.29, 0.717) is 17.9 Å². The molecule has 0 unspecified atom stereocenters. The van der Waals surface area contributed by atoms with Crippen LogP contribution in [0.1, 0.15) is 25.3 Å². The van der Waals surface area contributed by atoms with E-state index >= 15 is 0 Å². The Morgan fingerprint density at radius 2 is 2.18 bits per heavy atom. The van der Waals surface area contributed by atoms with Crippen molar-refractivity contribution in [2.24, 2.45) is 10.2 Å². The topological polar surface area (TPSA) is 53.8 Å². The normalized spacial score (nSPS) is 15.7. The van der Waals surface area contributed by atoms with Gasteiger partial charge in [0.1, 0.15) is 0 Å². The van der Waals surface area contributed by atoms with Crippen molar-refractivity contribution in [1.29, 1.82) is 0 Å². The lowest BCUT2D eigenvalue weighted by Gasteiger charge is -2.09. The molecule has 5 heteroatoms. The summed E-state index contributed by atoms with van der Waals surface area (Å²) < 4.78 is 0. The minimum absolute atomic E-state index is 0.0334. The van der Waals surface area contributed by atoms with Gasteiger partial charge in [0.2, 0.25) is 5.91 Å². The largest absolute Gasteiger partial charge is 0.326 e. The number of hydrogen-bond donors (Lipinski definition) is 1. The monoisotopic (exact) mass is 251 g/mol. The number of carbonyl (C=O) groups excluding carboxylic acids is 1. The molecule has 0 radical (unpaired) electrons. The van der Waals surface area contributed by atoms with Crippen LogP contribution in [0.2, 0.25) is 5.02 Å². The minimum atomic E-state index is -0.319. The van der Waals surface area contributed by atoms with Gasteiger partial charge in [-0.1, -0.05) is 17.7 Å². The summed E-state index contributed by atoms with van der Waals surface area (Å²) in [4.78, 5) is 11.7. The van der Waals surface area contributed by atoms with Gasteiger partial charge in [-0.25, -0.2) is 0 Å². The molecule has 0 spiro atoms. The maximum absolute atomic E-state index is 11.7. The highest BCUT2D eigenvalue weighted by Crippen LogP contribution is 2.32. The Kier molecular flexibility index (Phi) is 3.15. The smallest absolute Gasteiger partial charge is 0.224 e. The number of nitrogens with one attached hydrogen (secondary N) is 1. The highest BCUT2D eigenvalue weighted by Gasteiger charge is 2.33. The number of anilines is 1. The Bertz CT molecular complexity index is 479. The molecule has 0 atom stereocenters. The van der Waals surface area contributed by atoms with Crippen LogP contribution in [0.3, 0.4) is 0 Å². The summed E-state index contributed by atoms with van der Waals surface area (Å²) in [6.07, 6.45) is 1.06. The van der Waals surface area contributed by atoms with Crippen molar-refractivity contribution in [1.82, 2.24) is 0 Å². The van der Waals surface area contributed by atoms with Crippen LogP contribution in [0.15, 0.2) is 28.4 Å². The average Bonchev–Trinajstić information content (AvgIpc) is 3.00. The fourth-order valence-electron chi connectivity index (χ4n) is 1.48. The second-order valence-corrected chi connectivity index (χ2v) is 4.86. The van der Waals surface area contributed by atoms with E-state index in [4.69, 9.17) is 11.6 Å². The summed E-state index contributed by atoms with van der Waals surface area (Å²) in [5.41, 5.74) is 1.44. The van der Waals surface area contributed by atoms with E-state index in [2.05, 4.69) is 15.5 Å². The van der Waals surface area contributed by atoms with Crippen molar-refractivity contribution in [3.63, 3.8) is 0 Å². The summed E-state index contributed by atoms with van der Waals surface area (Å²) in [7, 11) is 0. The zero-order valence-electron chi connectivity index (χ0n) is 9.83. The van der Waals surface area contributed by atoms with Crippen LogP contribution in [0.25, 0.3) is 0 Å². The molecule has 0 saturated heterocycles. The molecular weight excluding hydrogens is 238 g/mol. The van der Waals surface area contributed by atoms with Gasteiger partial charge < -0.3 is 5.32 Å². The van der Waals surface area contributed by atoms with E-state index < -0.39 is 0 Å². The van der Waals surface area contributed by atoms with E-state index in [9.17, 15) is 4.79 Å². The molecule has 1 amide bonds. The third kappa shape index (κ3) is 3.27. The molecule has 1 aromatic carbocycles. The SMILES string of the molecule is Cc1ccc(Cl)cc1NC(=O)CCC1(C)N=N1. The first-order chi connectivity index (χ1) is 7.98. The molecule has 2 rings (SSSR count). The quantitative estimate of drug-likeness (QED) is 0.874. The number of amides is 1. The van der Waals surface area contributed by atoms with Gasteiger partial charge in [0.05, 0.1) is 0 Å². The Hall–Kier alpha value is -1.42. The Labute approximate surface area is 105 Å². The van der Waals surface area contributed by atoms with Crippen LogP contribution in [0.5, 0.6) is 0 Å². The number of carbonyl (C=O) groups is 1. The van der Waals surface area contributed by atoms with E-state index in [1.807, 2.05) is 19.9 Å². The molecule has 0 aliphatic carbocycles. The van der Waals surface area contributed by atoms with Crippen LogP contribution >= 0.6 is 11.6 Å². The lowest BCUT2D eigenvalue weighted by atomic mass is 10.1. The Balaban J connectivity index is 1.91. The number of halogens is 1. The second-order valence-electron chi connectivity index (χ2n) is 4.42. The molecule has 1 aliphatic heterocycles. The Morgan fingerprint density at radius 3 is 2.82 bits per heavy atom. The molecule has 4 nitrogen and oxygen atoms in total. The van der Waals surface area contributed by atoms with E-state index in [0.717, 1.165) is 11.3 Å². The van der Waals surface area contributed by atoms with Crippen molar-refractivity contribution >= 4 is 23.2 Å². The van der Waals surface area contributed by atoms with Crippen molar-refractivity contribution in [3.05, 3.63) is 28.8 Å². The highest BCUT2D eigenvalue weighted by atomic mass is 35.5. The van der Waals surface area contributed by atoms with Gasteiger partial charge in [-0.05, 0) is 31.5 Å². The standard InChI is InChI=1S/C12H14ClN3O/c1-8-3-4-9(13)7-10(8)14-11(17)5-6-12(2)15-16-12/h3-4,7H,5-6H2,1-2H3,(H,14,17). The second kappa shape index (κ2) is 4.45. The molecule has 0 saturated carbocycles. The predicted octanol–water partition coefficient (Wildman–Crippen LogP) is 3.55. The summed E-state index contributed by atoms with van der Waals surface area (Å²) in [5.74, 6) is -0.0334. The lowest BCUT2D eigenvalue weighted by Crippen LogP contribution is -2.15. The maximum Gasteiger partial charge on any atom is 0.224 e. The molecule has 0 fully saturated rings. The third-order valence-corrected chi connectivity index (χ3v) is 2.98. The van der Waals surface area contributed by atoms with Crippen molar-refractivity contribution in [2.45, 2.75) is 32.4 Å². The number of aryl methyl sites for hydroxylation is 1. The maximum atomic E-state index is 11.7. The van der Waals surface area contributed by atoms with Crippen molar-refractivity contribution < 1.29 is 4.79 Å². The first-order valence-corrected chi connectivity index (χ1v) is 5.86. The minimum Gasteiger partial charge on any atom is -0.326 e. The van der Waals surface area contributed by atoms with Crippen LogP contribution in [0, 0.1) is 6.92 Å². The number of nitrogens with zero attached hydrogens (tertiary/aromatic N) is 2. The van der Waals surface area contributed by atoms with Crippen LogP contribution in [0.4, 0.5) is 5.69 Å². The number of hydrogen-bond acceptors (Lipinski definition) is 3. The van der Waals surface area contributed by atoms with Gasteiger partial charge in [-0.15, -0.1) is 0 Å². The average molecular weight is 252 g/mol. The van der Waals surface area contributed by atoms with Crippen LogP contribution < -0.4 is 5.32 Å². The summed E-state index contributed by atoms with van der Waals surface area (Å²) in [6.45, 7) is 3.84.